The van der Waals surface area contributed by atoms with Crippen LogP contribution in [0.15, 0.2) is 30.3 Å². The second-order valence-corrected chi connectivity index (χ2v) is 6.69. The highest BCUT2D eigenvalue weighted by molar-refractivity contribution is 5.98. The Bertz CT molecular complexity index is 699. The summed E-state index contributed by atoms with van der Waals surface area (Å²) in [5.74, 6) is 4.48. The number of alkyl carbamates (subject to hydrolysis) is 1. The molecule has 0 bridgehead atoms. The van der Waals surface area contributed by atoms with E-state index in [0.717, 1.165) is 5.56 Å². The number of Topliss-reactive ketones (excluding diaryl/α,β-unsaturated/α-hetero) is 1. The van der Waals surface area contributed by atoms with Gasteiger partial charge in [0, 0.05) is 13.1 Å². The minimum absolute atomic E-state index is 0.0866. The number of rotatable bonds is 7. The van der Waals surface area contributed by atoms with Crippen LogP contribution in [0.25, 0.3) is 0 Å². The molecule has 0 fully saturated rings. The summed E-state index contributed by atoms with van der Waals surface area (Å²) in [6.45, 7) is 6.87. The molecule has 0 spiro atoms. The molecule has 1 rings (SSSR count). The highest BCUT2D eigenvalue weighted by atomic mass is 16.6. The van der Waals surface area contributed by atoms with Gasteiger partial charge in [0.2, 0.25) is 5.78 Å². The van der Waals surface area contributed by atoms with E-state index in [1.54, 1.807) is 27.7 Å². The number of hydrogen-bond acceptors (Lipinski definition) is 5. The molecule has 0 saturated carbocycles. The summed E-state index contributed by atoms with van der Waals surface area (Å²) in [7, 11) is 0. The van der Waals surface area contributed by atoms with Gasteiger partial charge in [0.15, 0.2) is 0 Å². The summed E-state index contributed by atoms with van der Waals surface area (Å²) in [4.78, 5) is 37.0. The third-order valence-electron chi connectivity index (χ3n) is 3.11. The van der Waals surface area contributed by atoms with Crippen LogP contribution in [-0.4, -0.2) is 48.1 Å². The van der Waals surface area contributed by atoms with Gasteiger partial charge in [-0.05, 0) is 39.2 Å². The van der Waals surface area contributed by atoms with Crippen LogP contribution in [0.5, 0.6) is 0 Å². The first-order valence-corrected chi connectivity index (χ1v) is 8.59. The molecule has 146 valence electrons. The SMILES string of the molecule is CC#CC(=O)CN(CCNC(=O)OC(C)(C)C)C(=O)OCc1ccccc1. The molecule has 0 saturated heterocycles. The normalized spacial score (nSPS) is 10.2. The van der Waals surface area contributed by atoms with E-state index < -0.39 is 23.6 Å². The van der Waals surface area contributed by atoms with E-state index in [2.05, 4.69) is 17.2 Å². The van der Waals surface area contributed by atoms with E-state index in [0.29, 0.717) is 0 Å². The lowest BCUT2D eigenvalue weighted by Crippen LogP contribution is -2.42. The first-order valence-electron chi connectivity index (χ1n) is 8.59. The van der Waals surface area contributed by atoms with Crippen molar-refractivity contribution in [3.63, 3.8) is 0 Å². The van der Waals surface area contributed by atoms with Crippen molar-refractivity contribution < 1.29 is 23.9 Å². The molecule has 0 aromatic heterocycles. The molecule has 2 amide bonds. The molecule has 7 nitrogen and oxygen atoms in total. The summed E-state index contributed by atoms with van der Waals surface area (Å²) >= 11 is 0. The van der Waals surface area contributed by atoms with Gasteiger partial charge in [-0.3, -0.25) is 9.69 Å². The van der Waals surface area contributed by atoms with Crippen molar-refractivity contribution in [3.8, 4) is 11.8 Å². The van der Waals surface area contributed by atoms with Crippen LogP contribution in [0.3, 0.4) is 0 Å². The van der Waals surface area contributed by atoms with Gasteiger partial charge < -0.3 is 14.8 Å². The lowest BCUT2D eigenvalue weighted by Gasteiger charge is -2.22. The smallest absolute Gasteiger partial charge is 0.410 e. The summed E-state index contributed by atoms with van der Waals surface area (Å²) < 4.78 is 10.4. The van der Waals surface area contributed by atoms with E-state index in [1.165, 1.54) is 4.90 Å². The number of ether oxygens (including phenoxy) is 2. The number of carbonyl (C=O) groups is 3. The van der Waals surface area contributed by atoms with Gasteiger partial charge >= 0.3 is 12.2 Å². The van der Waals surface area contributed by atoms with Gasteiger partial charge in [-0.1, -0.05) is 36.3 Å². The average Bonchev–Trinajstić information content (AvgIpc) is 2.58. The lowest BCUT2D eigenvalue weighted by atomic mass is 10.2. The Kier molecular flexibility index (Phi) is 8.86. The number of carbonyl (C=O) groups excluding carboxylic acids is 3. The van der Waals surface area contributed by atoms with Crippen LogP contribution < -0.4 is 5.32 Å². The van der Waals surface area contributed by atoms with Crippen LogP contribution in [0.1, 0.15) is 33.3 Å². The van der Waals surface area contributed by atoms with Gasteiger partial charge in [-0.15, -0.1) is 0 Å². The van der Waals surface area contributed by atoms with Crippen molar-refractivity contribution in [1.82, 2.24) is 10.2 Å². The highest BCUT2D eigenvalue weighted by Gasteiger charge is 2.20. The van der Waals surface area contributed by atoms with Gasteiger partial charge in [-0.2, -0.15) is 0 Å². The average molecular weight is 374 g/mol. The Hall–Kier alpha value is -3.01. The number of nitrogens with one attached hydrogen (secondary N) is 1. The van der Waals surface area contributed by atoms with Crippen molar-refractivity contribution in [2.24, 2.45) is 0 Å². The molecule has 7 heteroatoms. The minimum atomic E-state index is -0.656. The fourth-order valence-electron chi connectivity index (χ4n) is 2.00. The monoisotopic (exact) mass is 374 g/mol. The fraction of sp³-hybridized carbons (Fsp3) is 0.450. The molecule has 1 N–H and O–H groups in total. The second-order valence-electron chi connectivity index (χ2n) is 6.69. The summed E-state index contributed by atoms with van der Waals surface area (Å²) in [5, 5.41) is 2.55. The maximum Gasteiger partial charge on any atom is 0.410 e. The van der Waals surface area contributed by atoms with E-state index in [1.807, 2.05) is 30.3 Å². The molecule has 1 aromatic carbocycles. The number of hydrogen-bond donors (Lipinski definition) is 1. The third-order valence-corrected chi connectivity index (χ3v) is 3.11. The van der Waals surface area contributed by atoms with Gasteiger partial charge in [0.05, 0.1) is 6.54 Å². The standard InChI is InChI=1S/C20H26N2O5/c1-5-9-17(23)14-22(13-12-21-18(24)27-20(2,3)4)19(25)26-15-16-10-7-6-8-11-16/h6-8,10-11H,12-15H2,1-4H3,(H,21,24). The van der Waals surface area contributed by atoms with E-state index in [4.69, 9.17) is 9.47 Å². The van der Waals surface area contributed by atoms with Crippen LogP contribution in [0.4, 0.5) is 9.59 Å². The minimum Gasteiger partial charge on any atom is -0.445 e. The zero-order chi connectivity index (χ0) is 20.3. The molecular formula is C20H26N2O5. The van der Waals surface area contributed by atoms with Crippen LogP contribution >= 0.6 is 0 Å². The van der Waals surface area contributed by atoms with Crippen LogP contribution in [0.2, 0.25) is 0 Å². The maximum atomic E-state index is 12.3. The topological polar surface area (TPSA) is 84.9 Å². The van der Waals surface area contributed by atoms with Crippen LogP contribution in [-0.2, 0) is 20.9 Å². The molecule has 0 atom stereocenters. The molecule has 1 aromatic rings. The van der Waals surface area contributed by atoms with E-state index >= 15 is 0 Å². The predicted molar refractivity (Wildman–Crippen MR) is 101 cm³/mol. The summed E-state index contributed by atoms with van der Waals surface area (Å²) in [6.07, 6.45) is -1.25. The lowest BCUT2D eigenvalue weighted by molar-refractivity contribution is -0.114. The first kappa shape index (κ1) is 22.0. The van der Waals surface area contributed by atoms with Crippen molar-refractivity contribution >= 4 is 18.0 Å². The molecular weight excluding hydrogens is 348 g/mol. The van der Waals surface area contributed by atoms with Crippen molar-refractivity contribution in [2.45, 2.75) is 39.9 Å². The van der Waals surface area contributed by atoms with E-state index in [9.17, 15) is 14.4 Å². The number of ketones is 1. The number of amides is 2. The third kappa shape index (κ3) is 9.90. The second kappa shape index (κ2) is 10.9. The maximum absolute atomic E-state index is 12.3. The summed E-state index contributed by atoms with van der Waals surface area (Å²) in [5.41, 5.74) is 0.211. The number of benzene rings is 1. The van der Waals surface area contributed by atoms with Crippen molar-refractivity contribution in [2.75, 3.05) is 19.6 Å². The Morgan fingerprint density at radius 1 is 1.15 bits per heavy atom. The van der Waals surface area contributed by atoms with Crippen LogP contribution in [0, 0.1) is 11.8 Å². The van der Waals surface area contributed by atoms with Gasteiger partial charge in [0.25, 0.3) is 0 Å². The molecule has 0 aliphatic rings. The molecule has 0 aliphatic heterocycles. The Labute approximate surface area is 160 Å². The first-order chi connectivity index (χ1) is 12.7. The zero-order valence-corrected chi connectivity index (χ0v) is 16.2. The molecule has 0 unspecified atom stereocenters. The van der Waals surface area contributed by atoms with E-state index in [-0.39, 0.29) is 26.2 Å². The quantitative estimate of drug-likeness (QED) is 0.586. The number of nitrogens with zero attached hydrogens (tertiary/aromatic N) is 1. The largest absolute Gasteiger partial charge is 0.445 e. The van der Waals surface area contributed by atoms with Crippen molar-refractivity contribution in [3.05, 3.63) is 35.9 Å². The molecule has 27 heavy (non-hydrogen) atoms. The predicted octanol–water partition coefficient (Wildman–Crippen LogP) is 2.74. The van der Waals surface area contributed by atoms with Crippen molar-refractivity contribution in [1.29, 1.82) is 0 Å². The Balaban J connectivity index is 2.60. The summed E-state index contributed by atoms with van der Waals surface area (Å²) in [6, 6.07) is 9.20. The Morgan fingerprint density at radius 2 is 1.81 bits per heavy atom. The Morgan fingerprint density at radius 3 is 2.41 bits per heavy atom. The van der Waals surface area contributed by atoms with Gasteiger partial charge in [-0.25, -0.2) is 9.59 Å². The highest BCUT2D eigenvalue weighted by Crippen LogP contribution is 2.06. The molecule has 0 heterocycles. The molecule has 0 aliphatic carbocycles. The fourth-order valence-corrected chi connectivity index (χ4v) is 2.00. The molecule has 0 radical (unpaired) electrons. The zero-order valence-electron chi connectivity index (χ0n) is 16.2. The van der Waals surface area contributed by atoms with Gasteiger partial charge in [0.1, 0.15) is 12.2 Å².